The molecule has 0 bridgehead atoms. The lowest BCUT2D eigenvalue weighted by atomic mass is 10.1. The number of aromatic nitrogens is 4. The third-order valence-corrected chi connectivity index (χ3v) is 4.96. The molecular formula is C17H16ClN5O2S. The molecule has 0 atom stereocenters. The van der Waals surface area contributed by atoms with Crippen LogP contribution in [-0.2, 0) is 11.3 Å². The minimum atomic E-state index is -0.401. The molecule has 1 N–H and O–H groups in total. The molecule has 2 aromatic heterocycles. The molecule has 0 saturated heterocycles. The van der Waals surface area contributed by atoms with Crippen LogP contribution in [0.15, 0.2) is 41.2 Å². The molecule has 9 heteroatoms. The van der Waals surface area contributed by atoms with E-state index in [4.69, 9.17) is 11.6 Å². The van der Waals surface area contributed by atoms with Gasteiger partial charge in [-0.1, -0.05) is 55.0 Å². The zero-order chi connectivity index (χ0) is 18.7. The molecular weight excluding hydrogens is 374 g/mol. The zero-order valence-electron chi connectivity index (χ0n) is 14.1. The van der Waals surface area contributed by atoms with E-state index in [0.717, 1.165) is 9.69 Å². The molecule has 0 unspecified atom stereocenters. The first-order valence-electron chi connectivity index (χ1n) is 7.90. The van der Waals surface area contributed by atoms with Crippen molar-refractivity contribution in [3.05, 3.63) is 56.8 Å². The topological polar surface area (TPSA) is 89.8 Å². The highest BCUT2D eigenvalue weighted by Crippen LogP contribution is 2.25. The second kappa shape index (κ2) is 7.76. The third-order valence-electron chi connectivity index (χ3n) is 3.49. The Bertz CT molecular complexity index is 999. The molecule has 0 radical (unpaired) electrons. The number of nitrogens with one attached hydrogen (secondary N) is 1. The average Bonchev–Trinajstić information content (AvgIpc) is 3.06. The Morgan fingerprint density at radius 3 is 2.69 bits per heavy atom. The SMILES string of the molecule is CC(C)c1nnc(NC(=O)Cn2nc(-c3ccccc3Cl)ccc2=O)s1. The Morgan fingerprint density at radius 2 is 2.00 bits per heavy atom. The molecule has 1 aromatic carbocycles. The Labute approximate surface area is 158 Å². The lowest BCUT2D eigenvalue weighted by molar-refractivity contribution is -0.117. The van der Waals surface area contributed by atoms with Crippen molar-refractivity contribution in [2.24, 2.45) is 0 Å². The predicted molar refractivity (Wildman–Crippen MR) is 102 cm³/mol. The van der Waals surface area contributed by atoms with Gasteiger partial charge in [0, 0.05) is 17.5 Å². The number of hydrogen-bond donors (Lipinski definition) is 1. The van der Waals surface area contributed by atoms with Crippen LogP contribution in [0.5, 0.6) is 0 Å². The number of rotatable bonds is 5. The fourth-order valence-corrected chi connectivity index (χ4v) is 3.18. The lowest BCUT2D eigenvalue weighted by Gasteiger charge is -2.08. The van der Waals surface area contributed by atoms with E-state index < -0.39 is 5.91 Å². The van der Waals surface area contributed by atoms with Gasteiger partial charge in [-0.15, -0.1) is 10.2 Å². The van der Waals surface area contributed by atoms with E-state index in [1.54, 1.807) is 18.2 Å². The quantitative estimate of drug-likeness (QED) is 0.723. The standard InChI is InChI=1S/C17H16ClN5O2S/c1-10(2)16-20-21-17(26-16)19-14(24)9-23-15(25)8-7-13(22-23)11-5-3-4-6-12(11)18/h3-8,10H,9H2,1-2H3,(H,19,21,24). The van der Waals surface area contributed by atoms with Gasteiger partial charge in [0.25, 0.3) is 5.56 Å². The van der Waals surface area contributed by atoms with Crippen LogP contribution in [0, 0.1) is 0 Å². The number of halogens is 1. The number of benzene rings is 1. The number of anilines is 1. The van der Waals surface area contributed by atoms with Gasteiger partial charge in [-0.05, 0) is 12.1 Å². The van der Waals surface area contributed by atoms with Gasteiger partial charge in [-0.3, -0.25) is 14.9 Å². The maximum Gasteiger partial charge on any atom is 0.267 e. The molecule has 0 aliphatic carbocycles. The molecule has 1 amide bonds. The van der Waals surface area contributed by atoms with Crippen molar-refractivity contribution in [3.63, 3.8) is 0 Å². The summed E-state index contributed by atoms with van der Waals surface area (Å²) in [5.74, 6) is -0.169. The first-order chi connectivity index (χ1) is 12.4. The fraction of sp³-hybridized carbons (Fsp3) is 0.235. The van der Waals surface area contributed by atoms with E-state index in [0.29, 0.717) is 21.4 Å². The summed E-state index contributed by atoms with van der Waals surface area (Å²) in [6.07, 6.45) is 0. The van der Waals surface area contributed by atoms with Crippen molar-refractivity contribution in [1.82, 2.24) is 20.0 Å². The van der Waals surface area contributed by atoms with Crippen LogP contribution < -0.4 is 10.9 Å². The number of carbonyl (C=O) groups is 1. The number of carbonyl (C=O) groups excluding carboxylic acids is 1. The van der Waals surface area contributed by atoms with Gasteiger partial charge in [-0.2, -0.15) is 5.10 Å². The van der Waals surface area contributed by atoms with Crippen molar-refractivity contribution in [2.45, 2.75) is 26.3 Å². The van der Waals surface area contributed by atoms with Gasteiger partial charge in [0.05, 0.1) is 10.7 Å². The first-order valence-corrected chi connectivity index (χ1v) is 9.10. The summed E-state index contributed by atoms with van der Waals surface area (Å²) in [6.45, 7) is 3.76. The van der Waals surface area contributed by atoms with Crippen molar-refractivity contribution in [2.75, 3.05) is 5.32 Å². The molecule has 0 aliphatic rings. The van der Waals surface area contributed by atoms with E-state index >= 15 is 0 Å². The third kappa shape index (κ3) is 4.14. The summed E-state index contributed by atoms with van der Waals surface area (Å²) in [6, 6.07) is 10.1. The van der Waals surface area contributed by atoms with Crippen LogP contribution >= 0.6 is 22.9 Å². The van der Waals surface area contributed by atoms with Crippen LogP contribution in [-0.4, -0.2) is 25.9 Å². The number of hydrogen-bond acceptors (Lipinski definition) is 6. The molecule has 134 valence electrons. The van der Waals surface area contributed by atoms with Crippen molar-refractivity contribution >= 4 is 34.0 Å². The van der Waals surface area contributed by atoms with Crippen LogP contribution in [0.25, 0.3) is 11.3 Å². The van der Waals surface area contributed by atoms with E-state index in [1.165, 1.54) is 17.4 Å². The number of nitrogens with zero attached hydrogens (tertiary/aromatic N) is 4. The van der Waals surface area contributed by atoms with Gasteiger partial charge >= 0.3 is 0 Å². The maximum absolute atomic E-state index is 12.2. The van der Waals surface area contributed by atoms with Crippen LogP contribution in [0.1, 0.15) is 24.8 Å². The maximum atomic E-state index is 12.2. The van der Waals surface area contributed by atoms with E-state index in [-0.39, 0.29) is 18.0 Å². The van der Waals surface area contributed by atoms with E-state index in [2.05, 4.69) is 20.6 Å². The summed E-state index contributed by atoms with van der Waals surface area (Å²) in [5.41, 5.74) is 0.825. The monoisotopic (exact) mass is 389 g/mol. The fourth-order valence-electron chi connectivity index (χ4n) is 2.19. The average molecular weight is 390 g/mol. The summed E-state index contributed by atoms with van der Waals surface area (Å²) in [5, 5.41) is 16.6. The molecule has 7 nitrogen and oxygen atoms in total. The van der Waals surface area contributed by atoms with Crippen LogP contribution in [0.4, 0.5) is 5.13 Å². The predicted octanol–water partition coefficient (Wildman–Crippen LogP) is 3.18. The highest BCUT2D eigenvalue weighted by molar-refractivity contribution is 7.15. The molecule has 3 rings (SSSR count). The Morgan fingerprint density at radius 1 is 1.23 bits per heavy atom. The Balaban J connectivity index is 1.78. The second-order valence-electron chi connectivity index (χ2n) is 5.84. The van der Waals surface area contributed by atoms with Crippen molar-refractivity contribution in [3.8, 4) is 11.3 Å². The van der Waals surface area contributed by atoms with Gasteiger partial charge in [0.1, 0.15) is 11.6 Å². The molecule has 0 fully saturated rings. The van der Waals surface area contributed by atoms with Gasteiger partial charge in [0.2, 0.25) is 11.0 Å². The molecule has 0 saturated carbocycles. The minimum absolute atomic E-state index is 0.228. The highest BCUT2D eigenvalue weighted by Gasteiger charge is 2.13. The zero-order valence-corrected chi connectivity index (χ0v) is 15.7. The molecule has 0 aliphatic heterocycles. The minimum Gasteiger partial charge on any atom is -0.299 e. The summed E-state index contributed by atoms with van der Waals surface area (Å²) in [7, 11) is 0. The first kappa shape index (κ1) is 18.2. The molecule has 0 spiro atoms. The highest BCUT2D eigenvalue weighted by atomic mass is 35.5. The van der Waals surface area contributed by atoms with Crippen LogP contribution in [0.2, 0.25) is 5.02 Å². The second-order valence-corrected chi connectivity index (χ2v) is 7.26. The lowest BCUT2D eigenvalue weighted by Crippen LogP contribution is -2.29. The normalized spacial score (nSPS) is 10.9. The molecule has 2 heterocycles. The molecule has 26 heavy (non-hydrogen) atoms. The van der Waals surface area contributed by atoms with Crippen molar-refractivity contribution < 1.29 is 4.79 Å². The smallest absolute Gasteiger partial charge is 0.267 e. The number of amides is 1. The summed E-state index contributed by atoms with van der Waals surface area (Å²) in [4.78, 5) is 24.3. The Hall–Kier alpha value is -2.58. The summed E-state index contributed by atoms with van der Waals surface area (Å²) >= 11 is 7.48. The van der Waals surface area contributed by atoms with E-state index in [1.807, 2.05) is 26.0 Å². The summed E-state index contributed by atoms with van der Waals surface area (Å²) < 4.78 is 1.10. The van der Waals surface area contributed by atoms with Gasteiger partial charge in [-0.25, -0.2) is 4.68 Å². The Kier molecular flexibility index (Phi) is 5.43. The van der Waals surface area contributed by atoms with Crippen LogP contribution in [0.3, 0.4) is 0 Å². The van der Waals surface area contributed by atoms with E-state index in [9.17, 15) is 9.59 Å². The van der Waals surface area contributed by atoms with Gasteiger partial charge < -0.3 is 0 Å². The molecule has 3 aromatic rings. The largest absolute Gasteiger partial charge is 0.299 e. The van der Waals surface area contributed by atoms with Gasteiger partial charge in [0.15, 0.2) is 0 Å². The van der Waals surface area contributed by atoms with Crippen molar-refractivity contribution in [1.29, 1.82) is 0 Å².